The van der Waals surface area contributed by atoms with Crippen LogP contribution < -0.4 is 0 Å². The zero-order valence-corrected chi connectivity index (χ0v) is 12.7. The Bertz CT molecular complexity index is 387. The molecule has 2 rings (SSSR count). The number of hydrogen-bond donors (Lipinski definition) is 0. The summed E-state index contributed by atoms with van der Waals surface area (Å²) in [6.45, 7) is 4.25. The van der Waals surface area contributed by atoms with Crippen LogP contribution in [0.4, 0.5) is 0 Å². The molecule has 1 aromatic rings. The van der Waals surface area contributed by atoms with E-state index in [1.807, 2.05) is 11.7 Å². The summed E-state index contributed by atoms with van der Waals surface area (Å²) in [6.07, 6.45) is 4.76. The normalized spacial score (nSPS) is 20.3. The quantitative estimate of drug-likeness (QED) is 0.838. The zero-order valence-electron chi connectivity index (χ0n) is 11.1. The fourth-order valence-corrected chi connectivity index (χ4v) is 2.93. The van der Waals surface area contributed by atoms with E-state index in [0.29, 0.717) is 13.2 Å². The van der Waals surface area contributed by atoms with Gasteiger partial charge < -0.3 is 9.47 Å². The van der Waals surface area contributed by atoms with E-state index in [-0.39, 0.29) is 6.10 Å². The van der Waals surface area contributed by atoms with E-state index < -0.39 is 0 Å². The van der Waals surface area contributed by atoms with Crippen LogP contribution in [0.5, 0.6) is 0 Å². The lowest BCUT2D eigenvalue weighted by Gasteiger charge is -2.22. The molecule has 0 spiro atoms. The number of hydrogen-bond acceptors (Lipinski definition) is 3. The van der Waals surface area contributed by atoms with Crippen molar-refractivity contribution < 1.29 is 9.47 Å². The van der Waals surface area contributed by atoms with Gasteiger partial charge in [0, 0.05) is 13.7 Å². The molecule has 2 heterocycles. The summed E-state index contributed by atoms with van der Waals surface area (Å²) in [4.78, 5) is 0. The average Bonchev–Trinajstić information content (AvgIpc) is 2.67. The minimum absolute atomic E-state index is 0.274. The molecule has 1 aliphatic rings. The Morgan fingerprint density at radius 2 is 2.33 bits per heavy atom. The van der Waals surface area contributed by atoms with Gasteiger partial charge >= 0.3 is 0 Å². The third-order valence-corrected chi connectivity index (χ3v) is 4.23. The maximum Gasteiger partial charge on any atom is 0.0897 e. The van der Waals surface area contributed by atoms with E-state index in [4.69, 9.17) is 9.47 Å². The standard InChI is InChI=1S/C13H21BrN2O2/c1-3-11-13(14)12(16(2)15-11)9-17-8-10-6-4-5-7-18-10/h10H,3-9H2,1-2H3. The van der Waals surface area contributed by atoms with E-state index in [1.54, 1.807) is 0 Å². The van der Waals surface area contributed by atoms with Crippen LogP contribution in [0.15, 0.2) is 4.47 Å². The van der Waals surface area contributed by atoms with Gasteiger partial charge in [0.25, 0.3) is 0 Å². The maximum absolute atomic E-state index is 5.76. The molecule has 1 aliphatic heterocycles. The van der Waals surface area contributed by atoms with Gasteiger partial charge in [-0.1, -0.05) is 6.92 Å². The fraction of sp³-hybridized carbons (Fsp3) is 0.769. The van der Waals surface area contributed by atoms with Gasteiger partial charge in [0.1, 0.15) is 0 Å². The molecule has 5 heteroatoms. The van der Waals surface area contributed by atoms with Gasteiger partial charge in [-0.3, -0.25) is 4.68 Å². The molecule has 1 atom stereocenters. The van der Waals surface area contributed by atoms with Gasteiger partial charge in [-0.05, 0) is 41.6 Å². The molecule has 0 N–H and O–H groups in total. The van der Waals surface area contributed by atoms with Gasteiger partial charge in [0.05, 0.1) is 35.2 Å². The molecule has 0 aliphatic carbocycles. The number of halogens is 1. The van der Waals surface area contributed by atoms with E-state index in [2.05, 4.69) is 28.0 Å². The Labute approximate surface area is 117 Å². The molecule has 1 aromatic heterocycles. The first kappa shape index (κ1) is 14.0. The summed E-state index contributed by atoms with van der Waals surface area (Å²) in [5.41, 5.74) is 2.19. The molecular formula is C13H21BrN2O2. The van der Waals surface area contributed by atoms with Crippen LogP contribution in [0.1, 0.15) is 37.6 Å². The summed E-state index contributed by atoms with van der Waals surface area (Å²) in [6, 6.07) is 0. The Morgan fingerprint density at radius 1 is 1.50 bits per heavy atom. The lowest BCUT2D eigenvalue weighted by Crippen LogP contribution is -2.24. The third-order valence-electron chi connectivity index (χ3n) is 3.32. The van der Waals surface area contributed by atoms with E-state index in [1.165, 1.54) is 12.8 Å². The van der Waals surface area contributed by atoms with Crippen LogP contribution in [-0.2, 0) is 29.5 Å². The molecular weight excluding hydrogens is 296 g/mol. The van der Waals surface area contributed by atoms with Crippen molar-refractivity contribution in [3.05, 3.63) is 15.9 Å². The Hall–Kier alpha value is -0.390. The summed E-state index contributed by atoms with van der Waals surface area (Å²) >= 11 is 3.59. The van der Waals surface area contributed by atoms with Gasteiger partial charge in [0.15, 0.2) is 0 Å². The topological polar surface area (TPSA) is 36.3 Å². The zero-order chi connectivity index (χ0) is 13.0. The minimum Gasteiger partial charge on any atom is -0.376 e. The second-order valence-electron chi connectivity index (χ2n) is 4.69. The van der Waals surface area contributed by atoms with Crippen molar-refractivity contribution in [3.63, 3.8) is 0 Å². The first-order valence-electron chi connectivity index (χ1n) is 6.62. The largest absolute Gasteiger partial charge is 0.376 e. The van der Waals surface area contributed by atoms with Crippen molar-refractivity contribution in [1.82, 2.24) is 9.78 Å². The SMILES string of the molecule is CCc1nn(C)c(COCC2CCCCO2)c1Br. The average molecular weight is 317 g/mol. The van der Waals surface area contributed by atoms with E-state index in [9.17, 15) is 0 Å². The van der Waals surface area contributed by atoms with Crippen molar-refractivity contribution in [2.24, 2.45) is 7.05 Å². The summed E-state index contributed by atoms with van der Waals surface area (Å²) in [5.74, 6) is 0. The van der Waals surface area contributed by atoms with Crippen LogP contribution in [-0.4, -0.2) is 29.1 Å². The van der Waals surface area contributed by atoms with Crippen molar-refractivity contribution >= 4 is 15.9 Å². The molecule has 0 amide bonds. The summed E-state index contributed by atoms with van der Waals surface area (Å²) in [7, 11) is 1.96. The fourth-order valence-electron chi connectivity index (χ4n) is 2.20. The highest BCUT2D eigenvalue weighted by Crippen LogP contribution is 2.22. The second kappa shape index (κ2) is 6.68. The van der Waals surface area contributed by atoms with Gasteiger partial charge in [0.2, 0.25) is 0 Å². The molecule has 1 unspecified atom stereocenters. The number of rotatable bonds is 5. The number of aromatic nitrogens is 2. The predicted octanol–water partition coefficient (Wildman–Crippen LogP) is 2.83. The molecule has 18 heavy (non-hydrogen) atoms. The Balaban J connectivity index is 1.84. The van der Waals surface area contributed by atoms with Crippen molar-refractivity contribution in [2.75, 3.05) is 13.2 Å². The van der Waals surface area contributed by atoms with Gasteiger partial charge in [-0.15, -0.1) is 0 Å². The first-order valence-corrected chi connectivity index (χ1v) is 7.41. The highest BCUT2D eigenvalue weighted by atomic mass is 79.9. The van der Waals surface area contributed by atoms with Crippen molar-refractivity contribution in [2.45, 2.75) is 45.3 Å². The van der Waals surface area contributed by atoms with Crippen LogP contribution in [0.25, 0.3) is 0 Å². The number of aryl methyl sites for hydroxylation is 2. The molecule has 102 valence electrons. The van der Waals surface area contributed by atoms with Crippen LogP contribution in [0.2, 0.25) is 0 Å². The molecule has 1 saturated heterocycles. The Kier molecular flexibility index (Phi) is 5.21. The molecule has 0 bridgehead atoms. The highest BCUT2D eigenvalue weighted by molar-refractivity contribution is 9.10. The molecule has 4 nitrogen and oxygen atoms in total. The number of nitrogens with zero attached hydrogens (tertiary/aromatic N) is 2. The van der Waals surface area contributed by atoms with Crippen LogP contribution in [0.3, 0.4) is 0 Å². The summed E-state index contributed by atoms with van der Waals surface area (Å²) in [5, 5.41) is 4.45. The predicted molar refractivity (Wildman–Crippen MR) is 73.5 cm³/mol. The highest BCUT2D eigenvalue weighted by Gasteiger charge is 2.16. The number of ether oxygens (including phenoxy) is 2. The molecule has 0 aromatic carbocycles. The minimum atomic E-state index is 0.274. The second-order valence-corrected chi connectivity index (χ2v) is 5.48. The molecule has 0 radical (unpaired) electrons. The van der Waals surface area contributed by atoms with Crippen LogP contribution in [0, 0.1) is 0 Å². The van der Waals surface area contributed by atoms with Crippen molar-refractivity contribution in [3.8, 4) is 0 Å². The van der Waals surface area contributed by atoms with E-state index >= 15 is 0 Å². The Morgan fingerprint density at radius 3 is 2.94 bits per heavy atom. The monoisotopic (exact) mass is 316 g/mol. The smallest absolute Gasteiger partial charge is 0.0897 e. The lowest BCUT2D eigenvalue weighted by atomic mass is 10.1. The lowest BCUT2D eigenvalue weighted by molar-refractivity contribution is -0.0457. The summed E-state index contributed by atoms with van der Waals surface area (Å²) < 4.78 is 14.4. The van der Waals surface area contributed by atoms with Crippen molar-refractivity contribution in [1.29, 1.82) is 0 Å². The third kappa shape index (κ3) is 3.33. The maximum atomic E-state index is 5.76. The first-order chi connectivity index (χ1) is 8.72. The molecule has 0 saturated carbocycles. The van der Waals surface area contributed by atoms with E-state index in [0.717, 1.165) is 35.3 Å². The van der Waals surface area contributed by atoms with Crippen LogP contribution >= 0.6 is 15.9 Å². The van der Waals surface area contributed by atoms with Gasteiger partial charge in [-0.2, -0.15) is 5.10 Å². The van der Waals surface area contributed by atoms with Gasteiger partial charge in [-0.25, -0.2) is 0 Å². The molecule has 1 fully saturated rings.